The molecule has 0 aromatic heterocycles. The standard InChI is InChI=1S/C20H21NO3.H2O4S/c1-2-13-11-14(21-9-5-6-10-21)12-17-18(13)19(20(22)23)15-7-3-4-8-16(15)24-17;1-5(2,3)4/h3-4,7-8,11-12,19H,2,5-6,9-10H2,1H3,(H,22,23);(H2,1,2,3,4). The zero-order valence-electron chi connectivity index (χ0n) is 15.9. The predicted molar refractivity (Wildman–Crippen MR) is 107 cm³/mol. The van der Waals surface area contributed by atoms with Gasteiger partial charge in [-0.3, -0.25) is 13.9 Å². The molecule has 0 saturated carbocycles. The van der Waals surface area contributed by atoms with E-state index in [1.165, 1.54) is 12.8 Å². The van der Waals surface area contributed by atoms with Crippen molar-refractivity contribution in [1.29, 1.82) is 0 Å². The highest BCUT2D eigenvalue weighted by Gasteiger charge is 2.35. The van der Waals surface area contributed by atoms with E-state index < -0.39 is 22.3 Å². The summed E-state index contributed by atoms with van der Waals surface area (Å²) in [7, 11) is -4.67. The van der Waals surface area contributed by atoms with E-state index in [0.29, 0.717) is 11.5 Å². The molecule has 1 unspecified atom stereocenters. The molecule has 0 spiro atoms. The van der Waals surface area contributed by atoms with Gasteiger partial charge in [0, 0.05) is 36.0 Å². The summed E-state index contributed by atoms with van der Waals surface area (Å²) in [5.41, 5.74) is 3.76. The fraction of sp³-hybridized carbons (Fsp3) is 0.350. The first kappa shape index (κ1) is 21.1. The van der Waals surface area contributed by atoms with Gasteiger partial charge in [0.25, 0.3) is 0 Å². The summed E-state index contributed by atoms with van der Waals surface area (Å²) in [4.78, 5) is 14.4. The van der Waals surface area contributed by atoms with E-state index in [4.69, 9.17) is 22.3 Å². The second-order valence-electron chi connectivity index (χ2n) is 6.92. The van der Waals surface area contributed by atoms with Crippen LogP contribution in [0.25, 0.3) is 0 Å². The van der Waals surface area contributed by atoms with Crippen molar-refractivity contribution in [2.24, 2.45) is 0 Å². The van der Waals surface area contributed by atoms with Crippen LogP contribution in [0, 0.1) is 0 Å². The van der Waals surface area contributed by atoms with Gasteiger partial charge in [0.1, 0.15) is 17.4 Å². The van der Waals surface area contributed by atoms with Crippen LogP contribution in [-0.2, 0) is 21.6 Å². The lowest BCUT2D eigenvalue weighted by molar-refractivity contribution is -0.137. The first-order valence-corrected chi connectivity index (χ1v) is 10.7. The molecule has 8 nitrogen and oxygen atoms in total. The van der Waals surface area contributed by atoms with Gasteiger partial charge < -0.3 is 14.7 Å². The first-order valence-electron chi connectivity index (χ1n) is 9.30. The summed E-state index contributed by atoms with van der Waals surface area (Å²) in [6.07, 6.45) is 3.21. The van der Waals surface area contributed by atoms with E-state index in [9.17, 15) is 9.90 Å². The third kappa shape index (κ3) is 4.87. The van der Waals surface area contributed by atoms with Crippen LogP contribution in [0.4, 0.5) is 5.69 Å². The minimum absolute atomic E-state index is 0.651. The molecule has 0 aliphatic carbocycles. The normalized spacial score (nSPS) is 17.5. The second-order valence-corrected chi connectivity index (χ2v) is 7.82. The quantitative estimate of drug-likeness (QED) is 0.643. The summed E-state index contributed by atoms with van der Waals surface area (Å²) in [5, 5.41) is 9.87. The molecular weight excluding hydrogens is 398 g/mol. The zero-order valence-corrected chi connectivity index (χ0v) is 16.7. The molecule has 4 rings (SSSR count). The number of hydrogen-bond acceptors (Lipinski definition) is 5. The molecule has 2 aromatic rings. The summed E-state index contributed by atoms with van der Waals surface area (Å²) in [5.74, 6) is -0.136. The number of nitrogens with zero attached hydrogens (tertiary/aromatic N) is 1. The highest BCUT2D eigenvalue weighted by molar-refractivity contribution is 7.79. The molecule has 2 aromatic carbocycles. The topological polar surface area (TPSA) is 124 Å². The lowest BCUT2D eigenvalue weighted by Crippen LogP contribution is -2.22. The van der Waals surface area contributed by atoms with E-state index in [2.05, 4.69) is 17.9 Å². The molecule has 2 aliphatic heterocycles. The van der Waals surface area contributed by atoms with Crippen molar-refractivity contribution < 1.29 is 32.2 Å². The number of aliphatic carboxylic acids is 1. The van der Waals surface area contributed by atoms with Crippen molar-refractivity contribution >= 4 is 22.1 Å². The molecule has 156 valence electrons. The van der Waals surface area contributed by atoms with Crippen LogP contribution < -0.4 is 9.64 Å². The number of benzene rings is 2. The maximum Gasteiger partial charge on any atom is 0.394 e. The molecular formula is C20H23NO7S. The van der Waals surface area contributed by atoms with Crippen molar-refractivity contribution in [1.82, 2.24) is 0 Å². The Hall–Kier alpha value is -2.62. The molecule has 2 aliphatic rings. The molecule has 9 heteroatoms. The van der Waals surface area contributed by atoms with Gasteiger partial charge in [-0.25, -0.2) is 0 Å². The third-order valence-electron chi connectivity index (χ3n) is 5.05. The summed E-state index contributed by atoms with van der Waals surface area (Å²) in [6.45, 7) is 4.19. The van der Waals surface area contributed by atoms with Crippen LogP contribution in [0.1, 0.15) is 42.4 Å². The highest BCUT2D eigenvalue weighted by Crippen LogP contribution is 2.47. The lowest BCUT2D eigenvalue weighted by atomic mass is 9.84. The minimum Gasteiger partial charge on any atom is -0.481 e. The largest absolute Gasteiger partial charge is 0.481 e. The second kappa shape index (κ2) is 8.40. The maximum atomic E-state index is 12.0. The molecule has 29 heavy (non-hydrogen) atoms. The lowest BCUT2D eigenvalue weighted by Gasteiger charge is -2.30. The zero-order chi connectivity index (χ0) is 21.2. The number of carboxylic acid groups (broad SMARTS) is 1. The van der Waals surface area contributed by atoms with Gasteiger partial charge in [-0.2, -0.15) is 8.42 Å². The number of carboxylic acids is 1. The Morgan fingerprint density at radius 1 is 1.14 bits per heavy atom. The summed E-state index contributed by atoms with van der Waals surface area (Å²) in [6, 6.07) is 11.6. The SMILES string of the molecule is CCc1cc(N2CCCC2)cc2c1C(C(=O)O)c1ccccc1O2.O=S(=O)(O)O. The Morgan fingerprint density at radius 2 is 1.76 bits per heavy atom. The van der Waals surface area contributed by atoms with E-state index in [1.54, 1.807) is 0 Å². The molecule has 1 atom stereocenters. The van der Waals surface area contributed by atoms with Crippen LogP contribution in [0.15, 0.2) is 36.4 Å². The average molecular weight is 421 g/mol. The number of fused-ring (bicyclic) bond motifs is 2. The fourth-order valence-electron chi connectivity index (χ4n) is 3.87. The number of carbonyl (C=O) groups is 1. The smallest absolute Gasteiger partial charge is 0.394 e. The van der Waals surface area contributed by atoms with E-state index >= 15 is 0 Å². The van der Waals surface area contributed by atoms with Gasteiger partial charge in [0.15, 0.2) is 0 Å². The highest BCUT2D eigenvalue weighted by atomic mass is 32.3. The number of anilines is 1. The minimum atomic E-state index is -4.67. The van der Waals surface area contributed by atoms with E-state index in [-0.39, 0.29) is 0 Å². The van der Waals surface area contributed by atoms with Gasteiger partial charge in [-0.1, -0.05) is 25.1 Å². The van der Waals surface area contributed by atoms with Crippen LogP contribution in [0.2, 0.25) is 0 Å². The molecule has 2 heterocycles. The summed E-state index contributed by atoms with van der Waals surface area (Å²) < 4.78 is 37.7. The number of hydrogen-bond donors (Lipinski definition) is 3. The van der Waals surface area contributed by atoms with Crippen molar-refractivity contribution in [2.75, 3.05) is 18.0 Å². The Morgan fingerprint density at radius 3 is 2.34 bits per heavy atom. The number of aryl methyl sites for hydroxylation is 1. The molecule has 0 amide bonds. The van der Waals surface area contributed by atoms with Crippen LogP contribution in [0.3, 0.4) is 0 Å². The first-order chi connectivity index (χ1) is 13.7. The number of para-hydroxylation sites is 1. The van der Waals surface area contributed by atoms with Gasteiger partial charge in [0.2, 0.25) is 0 Å². The van der Waals surface area contributed by atoms with Crippen LogP contribution >= 0.6 is 0 Å². The maximum absolute atomic E-state index is 12.0. The van der Waals surface area contributed by atoms with Gasteiger partial charge in [-0.05, 0) is 37.0 Å². The van der Waals surface area contributed by atoms with E-state index in [0.717, 1.165) is 41.9 Å². The number of rotatable bonds is 3. The Balaban J connectivity index is 0.000000431. The Labute approximate surface area is 169 Å². The van der Waals surface area contributed by atoms with Crippen molar-refractivity contribution in [2.45, 2.75) is 32.1 Å². The molecule has 0 radical (unpaired) electrons. The van der Waals surface area contributed by atoms with Crippen LogP contribution in [0.5, 0.6) is 11.5 Å². The monoisotopic (exact) mass is 421 g/mol. The van der Waals surface area contributed by atoms with Gasteiger partial charge in [-0.15, -0.1) is 0 Å². The van der Waals surface area contributed by atoms with Crippen molar-refractivity contribution in [3.8, 4) is 11.5 Å². The van der Waals surface area contributed by atoms with Gasteiger partial charge in [0.05, 0.1) is 0 Å². The molecule has 1 saturated heterocycles. The third-order valence-corrected chi connectivity index (χ3v) is 5.05. The molecule has 3 N–H and O–H groups in total. The predicted octanol–water partition coefficient (Wildman–Crippen LogP) is 3.52. The average Bonchev–Trinajstić information content (AvgIpc) is 3.18. The Bertz CT molecular complexity index is 1010. The molecule has 1 fully saturated rings. The van der Waals surface area contributed by atoms with Crippen molar-refractivity contribution in [3.63, 3.8) is 0 Å². The van der Waals surface area contributed by atoms with Gasteiger partial charge >= 0.3 is 16.4 Å². The number of ether oxygens (including phenoxy) is 1. The molecule has 0 bridgehead atoms. The van der Waals surface area contributed by atoms with Crippen molar-refractivity contribution in [3.05, 3.63) is 53.1 Å². The van der Waals surface area contributed by atoms with E-state index in [1.807, 2.05) is 30.3 Å². The summed E-state index contributed by atoms with van der Waals surface area (Å²) >= 11 is 0. The fourth-order valence-corrected chi connectivity index (χ4v) is 3.87. The Kier molecular flexibility index (Phi) is 6.11. The van der Waals surface area contributed by atoms with Crippen LogP contribution in [-0.4, -0.2) is 41.7 Å².